The average molecular weight is 469 g/mol. The average Bonchev–Trinajstić information content (AvgIpc) is 3.24. The van der Waals surface area contributed by atoms with E-state index in [2.05, 4.69) is 5.32 Å². The third kappa shape index (κ3) is 5.58. The number of halogens is 1. The van der Waals surface area contributed by atoms with Gasteiger partial charge < -0.3 is 20.1 Å². The van der Waals surface area contributed by atoms with Crippen LogP contribution in [0.15, 0.2) is 48.5 Å². The van der Waals surface area contributed by atoms with Crippen molar-refractivity contribution < 1.29 is 23.8 Å². The lowest BCUT2D eigenvalue weighted by Gasteiger charge is -2.35. The Kier molecular flexibility index (Phi) is 7.51. The highest BCUT2D eigenvalue weighted by atomic mass is 19.1. The summed E-state index contributed by atoms with van der Waals surface area (Å²) in [5, 5.41) is 13.7. The van der Waals surface area contributed by atoms with Crippen LogP contribution < -0.4 is 10.1 Å². The fourth-order valence-corrected chi connectivity index (χ4v) is 5.25. The summed E-state index contributed by atoms with van der Waals surface area (Å²) in [7, 11) is 1.53. The Morgan fingerprint density at radius 2 is 1.97 bits per heavy atom. The molecule has 0 radical (unpaired) electrons. The van der Waals surface area contributed by atoms with Crippen molar-refractivity contribution in [2.45, 2.75) is 56.6 Å². The summed E-state index contributed by atoms with van der Waals surface area (Å²) < 4.78 is 19.7. The SMILES string of the molecule is COc1ccc(F)c(CC2(CCC(=O)N3CCC(C(O)c4ccccc4)CC3)CCC(=O)N2)c1. The first-order valence-electron chi connectivity index (χ1n) is 12.0. The molecule has 0 spiro atoms. The minimum atomic E-state index is -0.637. The van der Waals surface area contributed by atoms with Crippen molar-refractivity contribution >= 4 is 11.8 Å². The highest BCUT2D eigenvalue weighted by Crippen LogP contribution is 2.33. The lowest BCUT2D eigenvalue weighted by Crippen LogP contribution is -2.46. The Morgan fingerprint density at radius 3 is 2.62 bits per heavy atom. The van der Waals surface area contributed by atoms with Crippen LogP contribution in [0.1, 0.15) is 55.8 Å². The van der Waals surface area contributed by atoms with Gasteiger partial charge in [0.05, 0.1) is 13.2 Å². The maximum absolute atomic E-state index is 14.5. The molecular weight excluding hydrogens is 435 g/mol. The van der Waals surface area contributed by atoms with Gasteiger partial charge in [0.15, 0.2) is 0 Å². The smallest absolute Gasteiger partial charge is 0.222 e. The zero-order valence-electron chi connectivity index (χ0n) is 19.6. The Labute approximate surface area is 200 Å². The van der Waals surface area contributed by atoms with Crippen LogP contribution in [0.5, 0.6) is 5.75 Å². The van der Waals surface area contributed by atoms with Gasteiger partial charge in [-0.25, -0.2) is 4.39 Å². The van der Waals surface area contributed by atoms with Crippen LogP contribution >= 0.6 is 0 Å². The molecule has 2 saturated heterocycles. The number of ether oxygens (including phenoxy) is 1. The van der Waals surface area contributed by atoms with Crippen LogP contribution in [0.3, 0.4) is 0 Å². The maximum atomic E-state index is 14.5. The van der Waals surface area contributed by atoms with Crippen molar-refractivity contribution in [2.24, 2.45) is 5.92 Å². The lowest BCUT2D eigenvalue weighted by atomic mass is 9.84. The second-order valence-electron chi connectivity index (χ2n) is 9.54. The first kappa shape index (κ1) is 24.2. The number of rotatable bonds is 8. The van der Waals surface area contributed by atoms with Crippen molar-refractivity contribution in [2.75, 3.05) is 20.2 Å². The number of amides is 2. The van der Waals surface area contributed by atoms with Crippen LogP contribution in [0.4, 0.5) is 4.39 Å². The Morgan fingerprint density at radius 1 is 1.24 bits per heavy atom. The summed E-state index contributed by atoms with van der Waals surface area (Å²) in [6.45, 7) is 1.22. The fraction of sp³-hybridized carbons (Fsp3) is 0.481. The number of hydrogen-bond donors (Lipinski definition) is 2. The van der Waals surface area contributed by atoms with Gasteiger partial charge in [0, 0.05) is 31.5 Å². The molecule has 2 heterocycles. The van der Waals surface area contributed by atoms with Gasteiger partial charge in [0.25, 0.3) is 0 Å². The van der Waals surface area contributed by atoms with E-state index in [-0.39, 0.29) is 30.0 Å². The van der Waals surface area contributed by atoms with Crippen molar-refractivity contribution in [3.05, 3.63) is 65.5 Å². The summed E-state index contributed by atoms with van der Waals surface area (Å²) in [6, 6.07) is 14.2. The second kappa shape index (κ2) is 10.6. The molecule has 6 nitrogen and oxygen atoms in total. The Bertz CT molecular complexity index is 1010. The molecule has 2 unspecified atom stereocenters. The summed E-state index contributed by atoms with van der Waals surface area (Å²) in [4.78, 5) is 26.9. The fourth-order valence-electron chi connectivity index (χ4n) is 5.25. The van der Waals surface area contributed by atoms with Crippen LogP contribution in [0.25, 0.3) is 0 Å². The molecule has 2 aliphatic heterocycles. The van der Waals surface area contributed by atoms with E-state index in [9.17, 15) is 19.1 Å². The van der Waals surface area contributed by atoms with E-state index in [1.807, 2.05) is 35.2 Å². The number of piperidine rings is 1. The van der Waals surface area contributed by atoms with Crippen LogP contribution in [0.2, 0.25) is 0 Å². The van der Waals surface area contributed by atoms with E-state index < -0.39 is 11.6 Å². The number of benzene rings is 2. The molecule has 0 saturated carbocycles. The molecule has 2 N–H and O–H groups in total. The molecule has 4 rings (SSSR count). The van der Waals surface area contributed by atoms with Gasteiger partial charge in [-0.3, -0.25) is 9.59 Å². The zero-order chi connectivity index (χ0) is 24.1. The molecular formula is C27H33FN2O4. The Balaban J connectivity index is 1.35. The molecule has 2 aromatic carbocycles. The van der Waals surface area contributed by atoms with Gasteiger partial charge in [-0.1, -0.05) is 30.3 Å². The van der Waals surface area contributed by atoms with Gasteiger partial charge in [0.2, 0.25) is 11.8 Å². The molecule has 2 fully saturated rings. The number of likely N-dealkylation sites (tertiary alicyclic amines) is 1. The number of aliphatic hydroxyl groups excluding tert-OH is 1. The second-order valence-corrected chi connectivity index (χ2v) is 9.54. The third-order valence-electron chi connectivity index (χ3n) is 7.31. The molecule has 34 heavy (non-hydrogen) atoms. The molecule has 7 heteroatoms. The summed E-state index contributed by atoms with van der Waals surface area (Å²) >= 11 is 0. The van der Waals surface area contributed by atoms with E-state index >= 15 is 0 Å². The van der Waals surface area contributed by atoms with Crippen LogP contribution in [-0.4, -0.2) is 47.6 Å². The van der Waals surface area contributed by atoms with E-state index in [1.54, 1.807) is 12.1 Å². The van der Waals surface area contributed by atoms with Crippen molar-refractivity contribution in [1.82, 2.24) is 10.2 Å². The van der Waals surface area contributed by atoms with Gasteiger partial charge >= 0.3 is 0 Å². The molecule has 2 amide bonds. The summed E-state index contributed by atoms with van der Waals surface area (Å²) in [5.74, 6) is 0.327. The monoisotopic (exact) mass is 468 g/mol. The summed E-state index contributed by atoms with van der Waals surface area (Å²) in [5.41, 5.74) is 0.752. The number of nitrogens with one attached hydrogen (secondary N) is 1. The first-order chi connectivity index (χ1) is 16.4. The molecule has 182 valence electrons. The van der Waals surface area contributed by atoms with Crippen LogP contribution in [0, 0.1) is 11.7 Å². The zero-order valence-corrected chi connectivity index (χ0v) is 19.6. The quantitative estimate of drug-likeness (QED) is 0.618. The number of methoxy groups -OCH3 is 1. The molecule has 0 aliphatic carbocycles. The molecule has 2 atom stereocenters. The molecule has 0 bridgehead atoms. The third-order valence-corrected chi connectivity index (χ3v) is 7.31. The Hall–Kier alpha value is -2.93. The number of carbonyl (C=O) groups is 2. The number of aliphatic hydroxyl groups is 1. The maximum Gasteiger partial charge on any atom is 0.222 e. The number of nitrogens with zero attached hydrogens (tertiary/aromatic N) is 1. The topological polar surface area (TPSA) is 78.9 Å². The molecule has 2 aliphatic rings. The highest BCUT2D eigenvalue weighted by molar-refractivity contribution is 5.80. The van der Waals surface area contributed by atoms with Crippen LogP contribution in [-0.2, 0) is 16.0 Å². The van der Waals surface area contributed by atoms with E-state index in [1.165, 1.54) is 13.2 Å². The number of hydrogen-bond acceptors (Lipinski definition) is 4. The van der Waals surface area contributed by atoms with Gasteiger partial charge in [-0.05, 0) is 67.3 Å². The molecule has 0 aromatic heterocycles. The van der Waals surface area contributed by atoms with Gasteiger partial charge in [-0.2, -0.15) is 0 Å². The van der Waals surface area contributed by atoms with Gasteiger partial charge in [-0.15, -0.1) is 0 Å². The van der Waals surface area contributed by atoms with Crippen molar-refractivity contribution in [3.63, 3.8) is 0 Å². The largest absolute Gasteiger partial charge is 0.497 e. The first-order valence-corrected chi connectivity index (χ1v) is 12.0. The van der Waals surface area contributed by atoms with Gasteiger partial charge in [0.1, 0.15) is 11.6 Å². The summed E-state index contributed by atoms with van der Waals surface area (Å²) in [6.07, 6.45) is 2.99. The standard InChI is InChI=1S/C27H33FN2O4/c1-34-22-7-8-23(28)21(17-22)18-27(13-9-24(31)29-27)14-10-25(32)30-15-11-20(12-16-30)26(33)19-5-3-2-4-6-19/h2-8,17,20,26,33H,9-16,18H2,1H3,(H,29,31). The van der Waals surface area contributed by atoms with E-state index in [0.717, 1.165) is 18.4 Å². The normalized spacial score (nSPS) is 21.9. The van der Waals surface area contributed by atoms with E-state index in [0.29, 0.717) is 50.1 Å². The predicted molar refractivity (Wildman–Crippen MR) is 127 cm³/mol. The predicted octanol–water partition coefficient (Wildman–Crippen LogP) is 3.78. The minimum absolute atomic E-state index is 0.0410. The van der Waals surface area contributed by atoms with Crippen molar-refractivity contribution in [1.29, 1.82) is 0 Å². The van der Waals surface area contributed by atoms with E-state index in [4.69, 9.17) is 4.74 Å². The van der Waals surface area contributed by atoms with Crippen molar-refractivity contribution in [3.8, 4) is 5.75 Å². The minimum Gasteiger partial charge on any atom is -0.497 e. The molecule has 2 aromatic rings. The highest BCUT2D eigenvalue weighted by Gasteiger charge is 2.39. The lowest BCUT2D eigenvalue weighted by molar-refractivity contribution is -0.134. The number of carbonyl (C=O) groups excluding carboxylic acids is 2.